The maximum atomic E-state index is 6.75. The van der Waals surface area contributed by atoms with Crippen molar-refractivity contribution < 1.29 is 54.6 Å². The van der Waals surface area contributed by atoms with Crippen molar-refractivity contribution in [2.75, 3.05) is 0 Å². The Labute approximate surface area is 325 Å². The first-order chi connectivity index (χ1) is 23.5. The topological polar surface area (TPSA) is 312 Å². The second-order valence-electron chi connectivity index (χ2n) is 8.03. The molecule has 0 aliphatic heterocycles. The van der Waals surface area contributed by atoms with Crippen molar-refractivity contribution in [1.29, 1.82) is 0 Å². The molecular formula is C30H22Cd2N18. The molecule has 236 valence electrons. The van der Waals surface area contributed by atoms with Crippen LogP contribution < -0.4 is 0 Å². The monoisotopic (exact) mass is 862 g/mol. The van der Waals surface area contributed by atoms with Crippen molar-refractivity contribution in [2.24, 2.45) is 0 Å². The van der Waals surface area contributed by atoms with E-state index in [4.69, 9.17) is 44.2 Å². The summed E-state index contributed by atoms with van der Waals surface area (Å²) in [6, 6.07) is 35.0. The van der Waals surface area contributed by atoms with Crippen LogP contribution in [0, 0.1) is 0 Å². The van der Waals surface area contributed by atoms with Crippen LogP contribution in [0.4, 0.5) is 0 Å². The molecule has 0 saturated carbocycles. The molecule has 20 heteroatoms. The van der Waals surface area contributed by atoms with Crippen LogP contribution in [-0.4, -0.2) is 29.9 Å². The SMILES string of the molecule is [Cd+2].[Cd+2].[N-]=[N+]=[N-].[N-]=[N+]=[N-].[N-]=[N+]=[N-].[N-]=[N+]=[N-].c1ccc(-c2cccc(-c3ccccn3)n2)nc1.c1ccc(-c2cccc(-c3ccccn3)n2)nc1. The summed E-state index contributed by atoms with van der Waals surface area (Å²) in [5.74, 6) is 0. The minimum absolute atomic E-state index is 0. The van der Waals surface area contributed by atoms with Gasteiger partial charge < -0.3 is 44.2 Å². The van der Waals surface area contributed by atoms with Gasteiger partial charge in [-0.1, -0.05) is 36.4 Å². The van der Waals surface area contributed by atoms with Gasteiger partial charge in [0.2, 0.25) is 0 Å². The zero-order valence-corrected chi connectivity index (χ0v) is 34.2. The van der Waals surface area contributed by atoms with Gasteiger partial charge in [0.05, 0.1) is 45.6 Å². The smallest absolute Gasteiger partial charge is 0.373 e. The first kappa shape index (κ1) is 46.1. The first-order valence-electron chi connectivity index (χ1n) is 13.1. The Hall–Kier alpha value is -6.02. The van der Waals surface area contributed by atoms with E-state index in [9.17, 15) is 0 Å². The molecule has 0 bridgehead atoms. The average molecular weight is 859 g/mol. The summed E-state index contributed by atoms with van der Waals surface area (Å²) < 4.78 is 0. The van der Waals surface area contributed by atoms with Gasteiger partial charge in [-0.3, -0.25) is 39.6 Å². The third kappa shape index (κ3) is 18.4. The van der Waals surface area contributed by atoms with Crippen molar-refractivity contribution in [3.05, 3.63) is 198 Å². The van der Waals surface area contributed by atoms with Crippen molar-refractivity contribution in [3.63, 3.8) is 0 Å². The van der Waals surface area contributed by atoms with E-state index >= 15 is 0 Å². The molecule has 50 heavy (non-hydrogen) atoms. The minimum atomic E-state index is 0. The molecule has 0 amide bonds. The molecule has 0 unspecified atom stereocenters. The summed E-state index contributed by atoms with van der Waals surface area (Å²) in [6.45, 7) is 0. The zero-order chi connectivity index (χ0) is 35.2. The predicted molar refractivity (Wildman–Crippen MR) is 182 cm³/mol. The van der Waals surface area contributed by atoms with Crippen LogP contribution in [0.25, 0.3) is 109 Å². The Balaban J connectivity index is 0. The molecular weight excluding hydrogens is 837 g/mol. The zero-order valence-electron chi connectivity index (χ0n) is 26.2. The molecule has 6 aromatic heterocycles. The number of aromatic nitrogens is 6. The van der Waals surface area contributed by atoms with Gasteiger partial charge in [0.1, 0.15) is 0 Å². The fourth-order valence-corrected chi connectivity index (χ4v) is 3.50. The molecule has 6 rings (SSSR count). The van der Waals surface area contributed by atoms with E-state index in [1.165, 1.54) is 19.6 Å². The maximum absolute atomic E-state index is 6.75. The van der Waals surface area contributed by atoms with Gasteiger partial charge in [0.25, 0.3) is 0 Å². The van der Waals surface area contributed by atoms with Crippen LogP contribution in [-0.2, 0) is 54.6 Å². The maximum Gasteiger partial charge on any atom is 2.00 e. The molecule has 0 saturated heterocycles. The third-order valence-electron chi connectivity index (χ3n) is 5.21. The summed E-state index contributed by atoms with van der Waals surface area (Å²) in [5, 5.41) is 0. The van der Waals surface area contributed by atoms with Crippen molar-refractivity contribution in [2.45, 2.75) is 0 Å². The fraction of sp³-hybridized carbons (Fsp3) is 0. The van der Waals surface area contributed by atoms with E-state index in [0.717, 1.165) is 45.6 Å². The molecule has 0 atom stereocenters. The summed E-state index contributed by atoms with van der Waals surface area (Å²) in [7, 11) is 0. The van der Waals surface area contributed by atoms with Crippen LogP contribution in [0.1, 0.15) is 0 Å². The van der Waals surface area contributed by atoms with E-state index in [-0.39, 0.29) is 54.6 Å². The van der Waals surface area contributed by atoms with Crippen LogP contribution in [0.3, 0.4) is 0 Å². The minimum Gasteiger partial charge on any atom is -0.373 e. The second kappa shape index (κ2) is 30.3. The third-order valence-corrected chi connectivity index (χ3v) is 5.21. The van der Waals surface area contributed by atoms with E-state index in [0.29, 0.717) is 0 Å². The van der Waals surface area contributed by atoms with E-state index in [1.54, 1.807) is 24.8 Å². The second-order valence-corrected chi connectivity index (χ2v) is 8.03. The first-order valence-corrected chi connectivity index (χ1v) is 13.1. The Morgan fingerprint density at radius 2 is 0.460 bits per heavy atom. The average Bonchev–Trinajstić information content (AvgIpc) is 3.15. The normalized spacial score (nSPS) is 8.00. The predicted octanol–water partition coefficient (Wildman–Crippen LogP) is 9.87. The fourth-order valence-electron chi connectivity index (χ4n) is 3.50. The summed E-state index contributed by atoms with van der Waals surface area (Å²) >= 11 is 0. The number of hydrogen-bond donors (Lipinski definition) is 0. The quantitative estimate of drug-likeness (QED) is 0.0717. The Kier molecular flexibility index (Phi) is 28.0. The van der Waals surface area contributed by atoms with E-state index in [2.05, 4.69) is 29.9 Å². The number of nitrogens with zero attached hydrogens (tertiary/aromatic N) is 18. The van der Waals surface area contributed by atoms with Crippen LogP contribution in [0.15, 0.2) is 134 Å². The van der Waals surface area contributed by atoms with Crippen LogP contribution in [0.2, 0.25) is 0 Å². The molecule has 6 heterocycles. The Bertz CT molecular complexity index is 1630. The largest absolute Gasteiger partial charge is 2.00 e. The molecule has 0 N–H and O–H groups in total. The van der Waals surface area contributed by atoms with Gasteiger partial charge in [0, 0.05) is 24.8 Å². The molecule has 0 spiro atoms. The number of hydrogen-bond acceptors (Lipinski definition) is 6. The van der Waals surface area contributed by atoms with Crippen LogP contribution >= 0.6 is 0 Å². The number of rotatable bonds is 4. The molecule has 0 radical (unpaired) electrons. The number of pyridine rings is 6. The van der Waals surface area contributed by atoms with E-state index < -0.39 is 0 Å². The standard InChI is InChI=1S/2C15H11N3.2Cd.4N3/c2*1-3-10-16-12(6-1)14-8-5-9-15(18-14)13-7-2-4-11-17-13;;;4*1-3-2/h2*1-11H;;;;;;/q;;2*+2;4*-1. The summed E-state index contributed by atoms with van der Waals surface area (Å²) in [5.41, 5.74) is 60.9. The summed E-state index contributed by atoms with van der Waals surface area (Å²) in [4.78, 5) is 32.4. The van der Waals surface area contributed by atoms with Crippen LogP contribution in [0.5, 0.6) is 0 Å². The Morgan fingerprint density at radius 1 is 0.280 bits per heavy atom. The van der Waals surface area contributed by atoms with Crippen molar-refractivity contribution in [3.8, 4) is 45.6 Å². The van der Waals surface area contributed by atoms with Gasteiger partial charge in [-0.05, 0) is 72.8 Å². The molecule has 0 aromatic carbocycles. The van der Waals surface area contributed by atoms with Gasteiger partial charge in [0.15, 0.2) is 0 Å². The van der Waals surface area contributed by atoms with Gasteiger partial charge in [-0.25, -0.2) is 9.97 Å². The molecule has 6 aromatic rings. The molecule has 0 aliphatic rings. The van der Waals surface area contributed by atoms with Crippen molar-refractivity contribution in [1.82, 2.24) is 29.9 Å². The summed E-state index contributed by atoms with van der Waals surface area (Å²) in [6.07, 6.45) is 7.07. The Morgan fingerprint density at radius 3 is 0.620 bits per heavy atom. The molecule has 18 nitrogen and oxygen atoms in total. The van der Waals surface area contributed by atoms with Crippen molar-refractivity contribution >= 4 is 0 Å². The van der Waals surface area contributed by atoms with Gasteiger partial charge in [-0.2, -0.15) is 0 Å². The molecule has 0 fully saturated rings. The molecule has 0 aliphatic carbocycles. The van der Waals surface area contributed by atoms with Gasteiger partial charge >= 0.3 is 54.6 Å². The van der Waals surface area contributed by atoms with E-state index in [1.807, 2.05) is 109 Å². The van der Waals surface area contributed by atoms with Gasteiger partial charge in [-0.15, -0.1) is 0 Å².